The Morgan fingerprint density at radius 2 is 1.88 bits per heavy atom. The van der Waals surface area contributed by atoms with E-state index in [2.05, 4.69) is 29.6 Å². The number of nitrogens with one attached hydrogen (secondary N) is 1. The zero-order valence-corrected chi connectivity index (χ0v) is 14.5. The predicted molar refractivity (Wildman–Crippen MR) is 93.0 cm³/mol. The van der Waals surface area contributed by atoms with Gasteiger partial charge in [-0.2, -0.15) is 0 Å². The maximum Gasteiger partial charge on any atom is 0.251 e. The number of benzene rings is 1. The molecule has 0 spiro atoms. The molecule has 0 aromatic heterocycles. The Hall–Kier alpha value is -1.92. The molecule has 136 valence electrons. The van der Waals surface area contributed by atoms with E-state index in [0.717, 1.165) is 32.4 Å². The zero-order chi connectivity index (χ0) is 17.5. The Kier molecular flexibility index (Phi) is 6.42. The van der Waals surface area contributed by atoms with Crippen LogP contribution in [0.5, 0.6) is 0 Å². The van der Waals surface area contributed by atoms with E-state index in [4.69, 9.17) is 9.47 Å². The monoisotopic (exact) mass is 346 g/mol. The Labute approximate surface area is 148 Å². The van der Waals surface area contributed by atoms with Crippen molar-refractivity contribution in [1.82, 2.24) is 10.2 Å². The number of hydrogen-bond donors (Lipinski definition) is 1. The first-order valence-electron chi connectivity index (χ1n) is 9.01. The highest BCUT2D eigenvalue weighted by Crippen LogP contribution is 2.21. The first-order chi connectivity index (χ1) is 12.2. The van der Waals surface area contributed by atoms with Crippen molar-refractivity contribution in [3.63, 3.8) is 0 Å². The van der Waals surface area contributed by atoms with Gasteiger partial charge in [0.1, 0.15) is 0 Å². The van der Waals surface area contributed by atoms with Crippen molar-refractivity contribution in [3.05, 3.63) is 35.9 Å². The lowest BCUT2D eigenvalue weighted by Crippen LogP contribution is -2.48. The van der Waals surface area contributed by atoms with Crippen LogP contribution in [0.25, 0.3) is 0 Å². The zero-order valence-electron chi connectivity index (χ0n) is 14.5. The number of likely N-dealkylation sites (tertiary alicyclic amines) is 1. The highest BCUT2D eigenvalue weighted by molar-refractivity contribution is 5.87. The molecule has 0 radical (unpaired) electrons. The van der Waals surface area contributed by atoms with Gasteiger partial charge in [0, 0.05) is 13.1 Å². The average Bonchev–Trinajstić information content (AvgIpc) is 2.68. The number of ether oxygens (including phenoxy) is 2. The minimum Gasteiger partial charge on any atom is -0.376 e. The molecule has 2 fully saturated rings. The fraction of sp³-hybridized carbons (Fsp3) is 0.579. The molecule has 3 rings (SSSR count). The molecule has 1 unspecified atom stereocenters. The van der Waals surface area contributed by atoms with Gasteiger partial charge in [-0.1, -0.05) is 30.3 Å². The number of rotatable bonds is 5. The van der Waals surface area contributed by atoms with Crippen LogP contribution in [0, 0.1) is 5.92 Å². The molecular weight excluding hydrogens is 320 g/mol. The molecule has 2 aliphatic heterocycles. The van der Waals surface area contributed by atoms with Gasteiger partial charge in [-0.25, -0.2) is 0 Å². The maximum absolute atomic E-state index is 12.3. The van der Waals surface area contributed by atoms with E-state index in [0.29, 0.717) is 19.1 Å². The molecule has 2 saturated heterocycles. The Bertz CT molecular complexity index is 564. The van der Waals surface area contributed by atoms with E-state index >= 15 is 0 Å². The van der Waals surface area contributed by atoms with Crippen molar-refractivity contribution in [2.75, 3.05) is 39.5 Å². The van der Waals surface area contributed by atoms with Gasteiger partial charge in [0.25, 0.3) is 5.91 Å². The summed E-state index contributed by atoms with van der Waals surface area (Å²) < 4.78 is 10.5. The summed E-state index contributed by atoms with van der Waals surface area (Å²) in [5.74, 6) is 0.323. The van der Waals surface area contributed by atoms with Crippen molar-refractivity contribution >= 4 is 11.8 Å². The summed E-state index contributed by atoms with van der Waals surface area (Å²) in [4.78, 5) is 26.1. The quantitative estimate of drug-likeness (QED) is 0.864. The number of carbonyl (C=O) groups is 2. The van der Waals surface area contributed by atoms with E-state index in [1.165, 1.54) is 5.56 Å². The number of carbonyl (C=O) groups excluding carboxylic acids is 2. The van der Waals surface area contributed by atoms with Crippen LogP contribution in [0.2, 0.25) is 0 Å². The van der Waals surface area contributed by atoms with Gasteiger partial charge >= 0.3 is 0 Å². The predicted octanol–water partition coefficient (Wildman–Crippen LogP) is 0.999. The Balaban J connectivity index is 1.37. The smallest absolute Gasteiger partial charge is 0.251 e. The summed E-state index contributed by atoms with van der Waals surface area (Å²) in [6.45, 7) is 2.74. The molecule has 2 aliphatic rings. The molecule has 25 heavy (non-hydrogen) atoms. The lowest BCUT2D eigenvalue weighted by Gasteiger charge is -2.32. The normalized spacial score (nSPS) is 21.8. The minimum absolute atomic E-state index is 0.0248. The van der Waals surface area contributed by atoms with Gasteiger partial charge in [0.2, 0.25) is 5.91 Å². The molecule has 0 bridgehead atoms. The number of nitrogens with zero attached hydrogens (tertiary/aromatic N) is 1. The fourth-order valence-electron chi connectivity index (χ4n) is 3.36. The topological polar surface area (TPSA) is 67.9 Å². The van der Waals surface area contributed by atoms with Gasteiger partial charge in [0.15, 0.2) is 6.10 Å². The molecule has 1 atom stereocenters. The average molecular weight is 346 g/mol. The number of hydrogen-bond acceptors (Lipinski definition) is 4. The Morgan fingerprint density at radius 3 is 2.56 bits per heavy atom. The summed E-state index contributed by atoms with van der Waals surface area (Å²) in [5, 5.41) is 2.67. The molecule has 1 aromatic rings. The lowest BCUT2D eigenvalue weighted by molar-refractivity contribution is -0.149. The van der Waals surface area contributed by atoms with Crippen LogP contribution in [0.1, 0.15) is 18.4 Å². The van der Waals surface area contributed by atoms with E-state index in [1.807, 2.05) is 11.0 Å². The molecule has 0 aliphatic carbocycles. The third-order valence-electron chi connectivity index (χ3n) is 4.86. The van der Waals surface area contributed by atoms with Gasteiger partial charge < -0.3 is 19.7 Å². The molecular formula is C19H26N2O4. The van der Waals surface area contributed by atoms with Crippen LogP contribution in [0.15, 0.2) is 30.3 Å². The first kappa shape index (κ1) is 17.9. The first-order valence-corrected chi connectivity index (χ1v) is 9.01. The largest absolute Gasteiger partial charge is 0.376 e. The SMILES string of the molecule is O=C(NCC(=O)N1CCC(Cc2ccccc2)CC1)C1COCCO1. The van der Waals surface area contributed by atoms with Gasteiger partial charge in [0.05, 0.1) is 26.4 Å². The fourth-order valence-corrected chi connectivity index (χ4v) is 3.36. The van der Waals surface area contributed by atoms with Crippen molar-refractivity contribution < 1.29 is 19.1 Å². The second-order valence-corrected chi connectivity index (χ2v) is 6.67. The summed E-state index contributed by atoms with van der Waals surface area (Å²) in [6.07, 6.45) is 2.49. The number of piperidine rings is 1. The van der Waals surface area contributed by atoms with Crippen molar-refractivity contribution in [1.29, 1.82) is 0 Å². The summed E-state index contributed by atoms with van der Waals surface area (Å²) in [5.41, 5.74) is 1.36. The Morgan fingerprint density at radius 1 is 1.12 bits per heavy atom. The van der Waals surface area contributed by atoms with Crippen LogP contribution < -0.4 is 5.32 Å². The highest BCUT2D eigenvalue weighted by Gasteiger charge is 2.26. The third kappa shape index (κ3) is 5.28. The van der Waals surface area contributed by atoms with Gasteiger partial charge in [-0.05, 0) is 30.7 Å². The van der Waals surface area contributed by atoms with Crippen LogP contribution in [0.4, 0.5) is 0 Å². The highest BCUT2D eigenvalue weighted by atomic mass is 16.6. The summed E-state index contributed by atoms with van der Waals surface area (Å²) >= 11 is 0. The van der Waals surface area contributed by atoms with E-state index in [-0.39, 0.29) is 25.0 Å². The van der Waals surface area contributed by atoms with Gasteiger partial charge in [-0.15, -0.1) is 0 Å². The maximum atomic E-state index is 12.3. The van der Waals surface area contributed by atoms with Crippen LogP contribution in [0.3, 0.4) is 0 Å². The third-order valence-corrected chi connectivity index (χ3v) is 4.86. The molecule has 6 nitrogen and oxygen atoms in total. The molecule has 6 heteroatoms. The van der Waals surface area contributed by atoms with Crippen LogP contribution >= 0.6 is 0 Å². The minimum atomic E-state index is -0.599. The lowest BCUT2D eigenvalue weighted by atomic mass is 9.90. The number of amides is 2. The van der Waals surface area contributed by atoms with E-state index in [1.54, 1.807) is 0 Å². The van der Waals surface area contributed by atoms with Crippen molar-refractivity contribution in [2.45, 2.75) is 25.4 Å². The summed E-state index contributed by atoms with van der Waals surface area (Å²) in [6, 6.07) is 10.5. The molecule has 2 amide bonds. The second-order valence-electron chi connectivity index (χ2n) is 6.67. The van der Waals surface area contributed by atoms with Crippen LogP contribution in [-0.2, 0) is 25.5 Å². The molecule has 1 aromatic carbocycles. The van der Waals surface area contributed by atoms with Crippen molar-refractivity contribution in [3.8, 4) is 0 Å². The second kappa shape index (κ2) is 8.97. The molecule has 2 heterocycles. The summed E-state index contributed by atoms with van der Waals surface area (Å²) in [7, 11) is 0. The molecule has 0 saturated carbocycles. The van der Waals surface area contributed by atoms with E-state index < -0.39 is 6.10 Å². The van der Waals surface area contributed by atoms with Crippen LogP contribution in [-0.4, -0.2) is 62.3 Å². The van der Waals surface area contributed by atoms with Gasteiger partial charge in [-0.3, -0.25) is 9.59 Å². The molecule has 1 N–H and O–H groups in total. The standard InChI is InChI=1S/C19H26N2O4/c22-18(13-20-19(23)17-14-24-10-11-25-17)21-8-6-16(7-9-21)12-15-4-2-1-3-5-15/h1-5,16-17H,6-14H2,(H,20,23). The van der Waals surface area contributed by atoms with Crippen molar-refractivity contribution in [2.24, 2.45) is 5.92 Å². The van der Waals surface area contributed by atoms with E-state index in [9.17, 15) is 9.59 Å².